The highest BCUT2D eigenvalue weighted by molar-refractivity contribution is 5.96. The van der Waals surface area contributed by atoms with Crippen LogP contribution < -0.4 is 5.32 Å². The summed E-state index contributed by atoms with van der Waals surface area (Å²) in [6.45, 7) is 0. The van der Waals surface area contributed by atoms with Crippen molar-refractivity contribution in [1.82, 2.24) is 4.98 Å². The number of hydrogen-bond acceptors (Lipinski definition) is 3. The first kappa shape index (κ1) is 17.0. The topological polar surface area (TPSA) is 42.0 Å². The molecule has 1 N–H and O–H groups in total. The molecule has 4 aromatic rings. The van der Waals surface area contributed by atoms with Gasteiger partial charge in [-0.2, -0.15) is 0 Å². The van der Waals surface area contributed by atoms with Crippen molar-refractivity contribution in [2.45, 2.75) is 12.5 Å². The van der Waals surface area contributed by atoms with E-state index in [0.717, 1.165) is 22.3 Å². The highest BCUT2D eigenvalue weighted by atomic mass is 16.1. The lowest BCUT2D eigenvalue weighted by molar-refractivity contribution is 0.0976. The fourth-order valence-corrected chi connectivity index (χ4v) is 3.22. The summed E-state index contributed by atoms with van der Waals surface area (Å²) in [7, 11) is 0. The van der Waals surface area contributed by atoms with E-state index in [9.17, 15) is 4.79 Å². The zero-order valence-corrected chi connectivity index (χ0v) is 14.9. The molecule has 1 unspecified atom stereocenters. The van der Waals surface area contributed by atoms with E-state index in [4.69, 9.17) is 0 Å². The Balaban J connectivity index is 1.62. The molecule has 0 spiro atoms. The van der Waals surface area contributed by atoms with Crippen LogP contribution in [0.4, 0.5) is 5.69 Å². The van der Waals surface area contributed by atoms with Crippen LogP contribution in [0.25, 0.3) is 10.8 Å². The SMILES string of the molecule is O=C(CC(Nc1ccc2ccccc2c1)c1ccccn1)c1ccccc1. The molecule has 0 aliphatic heterocycles. The van der Waals surface area contributed by atoms with E-state index in [0.29, 0.717) is 6.42 Å². The minimum atomic E-state index is -0.194. The third-order valence-corrected chi connectivity index (χ3v) is 4.62. The van der Waals surface area contributed by atoms with Crippen LogP contribution in [0.3, 0.4) is 0 Å². The van der Waals surface area contributed by atoms with E-state index in [2.05, 4.69) is 34.6 Å². The molecule has 0 fully saturated rings. The average Bonchev–Trinajstić information content (AvgIpc) is 2.74. The van der Waals surface area contributed by atoms with Crippen molar-refractivity contribution in [3.05, 3.63) is 108 Å². The lowest BCUT2D eigenvalue weighted by Crippen LogP contribution is -2.17. The Hall–Kier alpha value is -3.46. The monoisotopic (exact) mass is 352 g/mol. The predicted octanol–water partition coefficient (Wildman–Crippen LogP) is 5.66. The smallest absolute Gasteiger partial charge is 0.165 e. The Morgan fingerprint density at radius 1 is 0.815 bits per heavy atom. The summed E-state index contributed by atoms with van der Waals surface area (Å²) in [4.78, 5) is 17.2. The number of hydrogen-bond donors (Lipinski definition) is 1. The number of benzene rings is 3. The number of nitrogens with one attached hydrogen (secondary N) is 1. The molecule has 0 saturated carbocycles. The van der Waals surface area contributed by atoms with Gasteiger partial charge in [-0.1, -0.05) is 66.7 Å². The number of fused-ring (bicyclic) bond motifs is 1. The van der Waals surface area contributed by atoms with Crippen LogP contribution in [0.15, 0.2) is 97.2 Å². The lowest BCUT2D eigenvalue weighted by atomic mass is 10.0. The highest BCUT2D eigenvalue weighted by Gasteiger charge is 2.18. The van der Waals surface area contributed by atoms with E-state index in [1.165, 1.54) is 5.39 Å². The van der Waals surface area contributed by atoms with Crippen molar-refractivity contribution in [2.75, 3.05) is 5.32 Å². The van der Waals surface area contributed by atoms with Crippen molar-refractivity contribution < 1.29 is 4.79 Å². The van der Waals surface area contributed by atoms with Gasteiger partial charge in [0.2, 0.25) is 0 Å². The van der Waals surface area contributed by atoms with Crippen molar-refractivity contribution >= 4 is 22.2 Å². The number of carbonyl (C=O) groups excluding carboxylic acids is 1. The van der Waals surface area contributed by atoms with Gasteiger partial charge in [-0.15, -0.1) is 0 Å². The van der Waals surface area contributed by atoms with Gasteiger partial charge >= 0.3 is 0 Å². The Labute approximate surface area is 158 Å². The molecule has 0 amide bonds. The molecule has 0 saturated heterocycles. The molecule has 0 aliphatic carbocycles. The zero-order chi connectivity index (χ0) is 18.5. The zero-order valence-electron chi connectivity index (χ0n) is 14.9. The second kappa shape index (κ2) is 7.83. The summed E-state index contributed by atoms with van der Waals surface area (Å²) < 4.78 is 0. The van der Waals surface area contributed by atoms with E-state index < -0.39 is 0 Å². The fourth-order valence-electron chi connectivity index (χ4n) is 3.22. The summed E-state index contributed by atoms with van der Waals surface area (Å²) in [5, 5.41) is 5.86. The van der Waals surface area contributed by atoms with Crippen LogP contribution in [0.2, 0.25) is 0 Å². The molecular weight excluding hydrogens is 332 g/mol. The quantitative estimate of drug-likeness (QED) is 0.455. The molecule has 4 rings (SSSR count). The van der Waals surface area contributed by atoms with Crippen molar-refractivity contribution in [3.63, 3.8) is 0 Å². The van der Waals surface area contributed by atoms with Gasteiger partial charge in [0.1, 0.15) is 0 Å². The normalized spacial score (nSPS) is 11.9. The van der Waals surface area contributed by atoms with Crippen LogP contribution >= 0.6 is 0 Å². The first-order valence-corrected chi connectivity index (χ1v) is 9.04. The van der Waals surface area contributed by atoms with E-state index in [1.807, 2.05) is 66.7 Å². The summed E-state index contributed by atoms with van der Waals surface area (Å²) in [5.74, 6) is 0.0968. The predicted molar refractivity (Wildman–Crippen MR) is 110 cm³/mol. The molecule has 0 bridgehead atoms. The minimum absolute atomic E-state index is 0.0968. The molecule has 1 aromatic heterocycles. The number of nitrogens with zero attached hydrogens (tertiary/aromatic N) is 1. The maximum absolute atomic E-state index is 12.8. The highest BCUT2D eigenvalue weighted by Crippen LogP contribution is 2.26. The molecule has 3 nitrogen and oxygen atoms in total. The van der Waals surface area contributed by atoms with Gasteiger partial charge in [-0.25, -0.2) is 0 Å². The van der Waals surface area contributed by atoms with Crippen molar-refractivity contribution in [1.29, 1.82) is 0 Å². The molecule has 27 heavy (non-hydrogen) atoms. The molecule has 1 atom stereocenters. The molecular formula is C24H20N2O. The number of carbonyl (C=O) groups is 1. The second-order valence-corrected chi connectivity index (χ2v) is 6.51. The molecule has 1 heterocycles. The minimum Gasteiger partial charge on any atom is -0.376 e. The van der Waals surface area contributed by atoms with Crippen LogP contribution in [-0.4, -0.2) is 10.8 Å². The lowest BCUT2D eigenvalue weighted by Gasteiger charge is -2.19. The summed E-state index contributed by atoms with van der Waals surface area (Å²) >= 11 is 0. The fraction of sp³-hybridized carbons (Fsp3) is 0.0833. The van der Waals surface area contributed by atoms with Gasteiger partial charge in [0.25, 0.3) is 0 Å². The largest absolute Gasteiger partial charge is 0.376 e. The average molecular weight is 352 g/mol. The molecule has 3 aromatic carbocycles. The maximum Gasteiger partial charge on any atom is 0.165 e. The third kappa shape index (κ3) is 4.04. The number of pyridine rings is 1. The molecule has 132 valence electrons. The van der Waals surface area contributed by atoms with Gasteiger partial charge in [0.05, 0.1) is 11.7 Å². The van der Waals surface area contributed by atoms with E-state index >= 15 is 0 Å². The van der Waals surface area contributed by atoms with E-state index in [-0.39, 0.29) is 11.8 Å². The second-order valence-electron chi connectivity index (χ2n) is 6.51. The van der Waals surface area contributed by atoms with E-state index in [1.54, 1.807) is 6.20 Å². The first-order valence-electron chi connectivity index (χ1n) is 9.04. The Morgan fingerprint density at radius 2 is 1.56 bits per heavy atom. The standard InChI is InChI=1S/C24H20N2O/c27-24(19-9-2-1-3-10-19)17-23(22-12-6-7-15-25-22)26-21-14-13-18-8-4-5-11-20(18)16-21/h1-16,23,26H,17H2. The third-order valence-electron chi connectivity index (χ3n) is 4.62. The van der Waals surface area contributed by atoms with Gasteiger partial charge in [0, 0.05) is 23.9 Å². The number of Topliss-reactive ketones (excluding diaryl/α,β-unsaturated/α-hetero) is 1. The summed E-state index contributed by atoms with van der Waals surface area (Å²) in [5.41, 5.74) is 2.55. The number of rotatable bonds is 6. The molecule has 3 heteroatoms. The molecule has 0 aliphatic rings. The van der Waals surface area contributed by atoms with Gasteiger partial charge in [0.15, 0.2) is 5.78 Å². The van der Waals surface area contributed by atoms with Crippen molar-refractivity contribution in [3.8, 4) is 0 Å². The van der Waals surface area contributed by atoms with Gasteiger partial charge in [-0.3, -0.25) is 9.78 Å². The van der Waals surface area contributed by atoms with Gasteiger partial charge < -0.3 is 5.32 Å². The molecule has 0 radical (unpaired) electrons. The van der Waals surface area contributed by atoms with Crippen LogP contribution in [0, 0.1) is 0 Å². The number of aromatic nitrogens is 1. The van der Waals surface area contributed by atoms with Crippen molar-refractivity contribution in [2.24, 2.45) is 0 Å². The Bertz CT molecular complexity index is 1050. The summed E-state index contributed by atoms with van der Waals surface area (Å²) in [6.07, 6.45) is 2.10. The Morgan fingerprint density at radius 3 is 2.33 bits per heavy atom. The number of ketones is 1. The maximum atomic E-state index is 12.8. The number of anilines is 1. The van der Waals surface area contributed by atoms with Crippen LogP contribution in [0.5, 0.6) is 0 Å². The van der Waals surface area contributed by atoms with Crippen LogP contribution in [-0.2, 0) is 0 Å². The Kier molecular flexibility index (Phi) is 4.93. The van der Waals surface area contributed by atoms with Crippen LogP contribution in [0.1, 0.15) is 28.5 Å². The first-order chi connectivity index (χ1) is 13.3. The van der Waals surface area contributed by atoms with Gasteiger partial charge in [-0.05, 0) is 35.0 Å². The summed E-state index contributed by atoms with van der Waals surface area (Å²) in [6, 6.07) is 29.5.